The standard InChI is InChI=1S/C21H29N7O3/c1-11-13(31-17(30)12-8-6-5-7-9-12)10-28-19(23)24-14(16(29)26-20(2,3)4)15-21(11,28)27-18(22)25-15/h5-9,14-15,18,25,27H,10,22H2,1-4H3,(H2,23,24)(H,26,29)/t14-,15?,18?,21?/m1/s1. The first-order valence-corrected chi connectivity index (χ1v) is 10.2. The molecule has 1 aromatic carbocycles. The van der Waals surface area contributed by atoms with Gasteiger partial charge in [-0.3, -0.25) is 20.8 Å². The van der Waals surface area contributed by atoms with Crippen LogP contribution in [0.2, 0.25) is 0 Å². The summed E-state index contributed by atoms with van der Waals surface area (Å²) in [5.74, 6) is -0.226. The average Bonchev–Trinajstić information content (AvgIpc) is 3.18. The van der Waals surface area contributed by atoms with Gasteiger partial charge in [0.1, 0.15) is 23.8 Å². The van der Waals surface area contributed by atoms with E-state index in [1.54, 1.807) is 29.2 Å². The molecule has 0 saturated carbocycles. The fourth-order valence-electron chi connectivity index (χ4n) is 4.49. The van der Waals surface area contributed by atoms with Crippen molar-refractivity contribution in [1.29, 1.82) is 5.41 Å². The average molecular weight is 428 g/mol. The summed E-state index contributed by atoms with van der Waals surface area (Å²) in [7, 11) is 0. The predicted molar refractivity (Wildman–Crippen MR) is 115 cm³/mol. The Hall–Kier alpha value is -2.95. The molecular weight excluding hydrogens is 398 g/mol. The lowest BCUT2D eigenvalue weighted by atomic mass is 9.86. The highest BCUT2D eigenvalue weighted by atomic mass is 16.5. The van der Waals surface area contributed by atoms with Crippen molar-refractivity contribution in [2.75, 3.05) is 6.54 Å². The Bertz CT molecular complexity index is 955. The van der Waals surface area contributed by atoms with Gasteiger partial charge < -0.3 is 26.0 Å². The number of esters is 1. The van der Waals surface area contributed by atoms with Gasteiger partial charge in [-0.2, -0.15) is 0 Å². The number of guanidine groups is 1. The Morgan fingerprint density at radius 3 is 2.61 bits per heavy atom. The van der Waals surface area contributed by atoms with Crippen LogP contribution in [0.3, 0.4) is 0 Å². The largest absolute Gasteiger partial charge is 0.425 e. The molecule has 3 unspecified atom stereocenters. The third-order valence-electron chi connectivity index (χ3n) is 5.80. The van der Waals surface area contributed by atoms with Crippen LogP contribution in [-0.2, 0) is 9.53 Å². The van der Waals surface area contributed by atoms with Gasteiger partial charge in [0.25, 0.3) is 0 Å². The third kappa shape index (κ3) is 3.56. The highest BCUT2D eigenvalue weighted by Gasteiger charge is 2.63. The van der Waals surface area contributed by atoms with Crippen LogP contribution in [0.15, 0.2) is 41.7 Å². The van der Waals surface area contributed by atoms with E-state index in [9.17, 15) is 9.59 Å². The molecule has 10 nitrogen and oxygen atoms in total. The van der Waals surface area contributed by atoms with E-state index in [1.165, 1.54) is 0 Å². The quantitative estimate of drug-likeness (QED) is 0.363. The van der Waals surface area contributed by atoms with E-state index in [4.69, 9.17) is 15.9 Å². The maximum atomic E-state index is 13.0. The van der Waals surface area contributed by atoms with E-state index in [0.717, 1.165) is 0 Å². The first-order chi connectivity index (χ1) is 14.5. The monoisotopic (exact) mass is 427 g/mol. The number of nitrogens with one attached hydrogen (secondary N) is 5. The van der Waals surface area contributed by atoms with Gasteiger partial charge in [-0.15, -0.1) is 0 Å². The molecule has 3 aliphatic rings. The molecule has 1 spiro atoms. The van der Waals surface area contributed by atoms with Crippen molar-refractivity contribution in [3.05, 3.63) is 47.2 Å². The van der Waals surface area contributed by atoms with Crippen LogP contribution in [0, 0.1) is 5.41 Å². The van der Waals surface area contributed by atoms with Crippen molar-refractivity contribution in [3.63, 3.8) is 0 Å². The Balaban J connectivity index is 1.68. The van der Waals surface area contributed by atoms with E-state index < -0.39 is 35.5 Å². The molecule has 31 heavy (non-hydrogen) atoms. The smallest absolute Gasteiger partial charge is 0.343 e. The number of hydrogen-bond acceptors (Lipinski definition) is 7. The predicted octanol–water partition coefficient (Wildman–Crippen LogP) is -0.246. The zero-order valence-electron chi connectivity index (χ0n) is 18.1. The summed E-state index contributed by atoms with van der Waals surface area (Å²) in [6, 6.07) is 7.49. The highest BCUT2D eigenvalue weighted by Crippen LogP contribution is 2.41. The molecule has 4 rings (SSSR count). The Morgan fingerprint density at radius 2 is 1.97 bits per heavy atom. The minimum absolute atomic E-state index is 0.0545. The fraction of sp³-hybridized carbons (Fsp3) is 0.476. The number of carbonyl (C=O) groups excluding carboxylic acids is 2. The third-order valence-corrected chi connectivity index (χ3v) is 5.80. The molecule has 10 heteroatoms. The van der Waals surface area contributed by atoms with Crippen molar-refractivity contribution in [3.8, 4) is 0 Å². The van der Waals surface area contributed by atoms with Crippen molar-refractivity contribution >= 4 is 17.8 Å². The van der Waals surface area contributed by atoms with Crippen LogP contribution >= 0.6 is 0 Å². The van der Waals surface area contributed by atoms with Crippen LogP contribution in [-0.4, -0.2) is 58.9 Å². The summed E-state index contributed by atoms with van der Waals surface area (Å²) in [5.41, 5.74) is 5.92. The first-order valence-electron chi connectivity index (χ1n) is 10.2. The second kappa shape index (κ2) is 7.33. The van der Waals surface area contributed by atoms with Crippen molar-refractivity contribution in [2.45, 2.75) is 57.3 Å². The molecule has 3 heterocycles. The van der Waals surface area contributed by atoms with Gasteiger partial charge in [0.2, 0.25) is 5.91 Å². The number of hydrogen-bond donors (Lipinski definition) is 6. The lowest BCUT2D eigenvalue weighted by Gasteiger charge is -2.49. The molecule has 0 aliphatic carbocycles. The van der Waals surface area contributed by atoms with Gasteiger partial charge in [0.05, 0.1) is 18.2 Å². The number of rotatable bonds is 3. The van der Waals surface area contributed by atoms with Crippen LogP contribution < -0.4 is 27.0 Å². The number of carbonyl (C=O) groups is 2. The van der Waals surface area contributed by atoms with Gasteiger partial charge in [-0.05, 0) is 39.8 Å². The van der Waals surface area contributed by atoms with Crippen molar-refractivity contribution in [1.82, 2.24) is 26.2 Å². The Labute approximate surface area is 181 Å². The van der Waals surface area contributed by atoms with Gasteiger partial charge >= 0.3 is 5.97 Å². The van der Waals surface area contributed by atoms with Crippen LogP contribution in [0.1, 0.15) is 38.1 Å². The summed E-state index contributed by atoms with van der Waals surface area (Å²) in [5, 5.41) is 21.0. The van der Waals surface area contributed by atoms with E-state index in [1.807, 2.05) is 33.8 Å². The maximum absolute atomic E-state index is 13.0. The number of ether oxygens (including phenoxy) is 1. The van der Waals surface area contributed by atoms with E-state index in [-0.39, 0.29) is 18.4 Å². The minimum Gasteiger partial charge on any atom is -0.425 e. The molecule has 1 amide bonds. The second-order valence-electron chi connectivity index (χ2n) is 9.13. The molecule has 2 fully saturated rings. The summed E-state index contributed by atoms with van der Waals surface area (Å²) < 4.78 is 5.73. The molecule has 0 radical (unpaired) electrons. The highest BCUT2D eigenvalue weighted by molar-refractivity contribution is 5.93. The molecule has 0 aromatic heterocycles. The van der Waals surface area contributed by atoms with E-state index in [2.05, 4.69) is 21.3 Å². The number of nitrogens with zero attached hydrogens (tertiary/aromatic N) is 1. The summed E-state index contributed by atoms with van der Waals surface area (Å²) >= 11 is 0. The Kier molecular flexibility index (Phi) is 5.03. The zero-order chi connectivity index (χ0) is 22.6. The van der Waals surface area contributed by atoms with Gasteiger partial charge in [-0.1, -0.05) is 18.2 Å². The second-order valence-corrected chi connectivity index (χ2v) is 9.13. The minimum atomic E-state index is -0.964. The number of benzene rings is 1. The number of nitrogens with two attached hydrogens (primary N) is 1. The van der Waals surface area contributed by atoms with Crippen molar-refractivity contribution in [2.24, 2.45) is 5.73 Å². The van der Waals surface area contributed by atoms with Crippen LogP contribution in [0.25, 0.3) is 0 Å². The fourth-order valence-corrected chi connectivity index (χ4v) is 4.49. The van der Waals surface area contributed by atoms with Crippen LogP contribution in [0.5, 0.6) is 0 Å². The Morgan fingerprint density at radius 1 is 1.29 bits per heavy atom. The first kappa shape index (κ1) is 21.3. The SMILES string of the molecule is CC1=C(OC(=O)c2ccccc2)CN2C(=N)N[C@@H](C(=O)NC(C)(C)C)C3NC(N)NC132. The zero-order valence-corrected chi connectivity index (χ0v) is 18.1. The molecular formula is C21H29N7O3. The summed E-state index contributed by atoms with van der Waals surface area (Å²) in [6.45, 7) is 7.73. The molecule has 1 aromatic rings. The van der Waals surface area contributed by atoms with Crippen molar-refractivity contribution < 1.29 is 14.3 Å². The molecule has 3 aliphatic heterocycles. The topological polar surface area (TPSA) is 145 Å². The van der Waals surface area contributed by atoms with E-state index in [0.29, 0.717) is 16.9 Å². The van der Waals surface area contributed by atoms with E-state index >= 15 is 0 Å². The van der Waals surface area contributed by atoms with Gasteiger partial charge in [-0.25, -0.2) is 4.79 Å². The molecule has 7 N–H and O–H groups in total. The van der Waals surface area contributed by atoms with Crippen LogP contribution in [0.4, 0.5) is 0 Å². The molecule has 0 bridgehead atoms. The molecule has 166 valence electrons. The molecule has 4 atom stereocenters. The number of amides is 1. The van der Waals surface area contributed by atoms with Gasteiger partial charge in [0.15, 0.2) is 5.96 Å². The summed E-state index contributed by atoms with van der Waals surface area (Å²) in [6.07, 6.45) is -0.607. The molecule has 2 saturated heterocycles. The lowest BCUT2D eigenvalue weighted by molar-refractivity contribution is -0.126. The lowest BCUT2D eigenvalue weighted by Crippen LogP contribution is -2.77. The normalized spacial score (nSPS) is 29.9. The maximum Gasteiger partial charge on any atom is 0.343 e. The van der Waals surface area contributed by atoms with Gasteiger partial charge in [0, 0.05) is 11.1 Å². The summed E-state index contributed by atoms with van der Waals surface area (Å²) in [4.78, 5) is 27.4.